The maximum absolute atomic E-state index is 12.4. The van der Waals surface area contributed by atoms with Gasteiger partial charge in [-0.25, -0.2) is 9.50 Å². The smallest absolute Gasteiger partial charge is 0.276 e. The molecule has 2 heterocycles. The number of amides is 1. The fourth-order valence-corrected chi connectivity index (χ4v) is 2.21. The molecule has 0 radical (unpaired) electrons. The Labute approximate surface area is 127 Å². The summed E-state index contributed by atoms with van der Waals surface area (Å²) in [5.41, 5.74) is 3.47. The number of methoxy groups -OCH3 is 1. The Morgan fingerprint density at radius 2 is 1.95 bits per heavy atom. The van der Waals surface area contributed by atoms with E-state index in [0.29, 0.717) is 17.1 Å². The fraction of sp³-hybridized carbons (Fsp3) is 0.188. The summed E-state index contributed by atoms with van der Waals surface area (Å²) in [6, 6.07) is 10.7. The third kappa shape index (κ3) is 2.39. The highest BCUT2D eigenvalue weighted by Gasteiger charge is 2.13. The van der Waals surface area contributed by atoms with Crippen molar-refractivity contribution in [1.82, 2.24) is 14.6 Å². The molecular weight excluding hydrogens is 280 g/mol. The van der Waals surface area contributed by atoms with E-state index in [2.05, 4.69) is 15.4 Å². The normalized spacial score (nSPS) is 10.7. The van der Waals surface area contributed by atoms with Gasteiger partial charge in [0, 0.05) is 0 Å². The number of fused-ring (bicyclic) bond motifs is 1. The SMILES string of the molecule is COc1ccccc1NC(=O)c1ccc2nc(C)c(C)n2n1. The molecule has 1 N–H and O–H groups in total. The lowest BCUT2D eigenvalue weighted by Crippen LogP contribution is -2.16. The molecule has 2 aromatic heterocycles. The van der Waals surface area contributed by atoms with Crippen LogP contribution >= 0.6 is 0 Å². The van der Waals surface area contributed by atoms with Crippen LogP contribution in [0.5, 0.6) is 5.75 Å². The Kier molecular flexibility index (Phi) is 3.50. The molecule has 0 spiro atoms. The minimum absolute atomic E-state index is 0.294. The molecule has 0 aliphatic rings. The van der Waals surface area contributed by atoms with Gasteiger partial charge < -0.3 is 10.1 Å². The summed E-state index contributed by atoms with van der Waals surface area (Å²) in [5.74, 6) is 0.309. The Morgan fingerprint density at radius 3 is 2.73 bits per heavy atom. The van der Waals surface area contributed by atoms with E-state index in [0.717, 1.165) is 17.0 Å². The first-order chi connectivity index (χ1) is 10.6. The van der Waals surface area contributed by atoms with Crippen molar-refractivity contribution in [3.63, 3.8) is 0 Å². The maximum Gasteiger partial charge on any atom is 0.276 e. The van der Waals surface area contributed by atoms with E-state index in [4.69, 9.17) is 4.74 Å². The molecule has 3 aromatic rings. The second kappa shape index (κ2) is 5.48. The predicted molar refractivity (Wildman–Crippen MR) is 83.4 cm³/mol. The first-order valence-corrected chi connectivity index (χ1v) is 6.87. The molecule has 0 atom stereocenters. The summed E-state index contributed by atoms with van der Waals surface area (Å²) in [6.07, 6.45) is 0. The van der Waals surface area contributed by atoms with Gasteiger partial charge >= 0.3 is 0 Å². The molecule has 0 aliphatic carbocycles. The standard InChI is InChI=1S/C16H16N4O2/c1-10-11(2)20-15(17-10)9-8-13(19-20)16(21)18-12-6-4-5-7-14(12)22-3/h4-9H,1-3H3,(H,18,21). The van der Waals surface area contributed by atoms with Crippen molar-refractivity contribution in [2.45, 2.75) is 13.8 Å². The Bertz CT molecular complexity index is 854. The third-order valence-electron chi connectivity index (χ3n) is 3.53. The summed E-state index contributed by atoms with van der Waals surface area (Å²) in [7, 11) is 1.56. The number of anilines is 1. The van der Waals surface area contributed by atoms with E-state index in [1.54, 1.807) is 35.9 Å². The number of rotatable bonds is 3. The van der Waals surface area contributed by atoms with Crippen LogP contribution in [0.4, 0.5) is 5.69 Å². The van der Waals surface area contributed by atoms with Crippen molar-refractivity contribution in [1.29, 1.82) is 0 Å². The Morgan fingerprint density at radius 1 is 1.18 bits per heavy atom. The highest BCUT2D eigenvalue weighted by molar-refractivity contribution is 6.03. The van der Waals surface area contributed by atoms with Crippen molar-refractivity contribution in [2.24, 2.45) is 0 Å². The van der Waals surface area contributed by atoms with Gasteiger partial charge in [0.15, 0.2) is 5.65 Å². The van der Waals surface area contributed by atoms with E-state index >= 15 is 0 Å². The van der Waals surface area contributed by atoms with Gasteiger partial charge in [-0.3, -0.25) is 4.79 Å². The molecule has 6 nitrogen and oxygen atoms in total. The average molecular weight is 296 g/mol. The first kappa shape index (κ1) is 14.1. The van der Waals surface area contributed by atoms with Gasteiger partial charge in [-0.1, -0.05) is 12.1 Å². The second-order valence-corrected chi connectivity index (χ2v) is 4.93. The summed E-state index contributed by atoms with van der Waals surface area (Å²) >= 11 is 0. The molecule has 0 aliphatic heterocycles. The van der Waals surface area contributed by atoms with E-state index < -0.39 is 0 Å². The van der Waals surface area contributed by atoms with Crippen LogP contribution in [-0.2, 0) is 0 Å². The van der Waals surface area contributed by atoms with E-state index in [9.17, 15) is 4.79 Å². The zero-order chi connectivity index (χ0) is 15.7. The lowest BCUT2D eigenvalue weighted by molar-refractivity contribution is 0.102. The second-order valence-electron chi connectivity index (χ2n) is 4.93. The lowest BCUT2D eigenvalue weighted by atomic mass is 10.2. The number of carbonyl (C=O) groups is 1. The minimum Gasteiger partial charge on any atom is -0.495 e. The highest BCUT2D eigenvalue weighted by Crippen LogP contribution is 2.23. The number of aromatic nitrogens is 3. The molecule has 0 unspecified atom stereocenters. The molecule has 0 saturated heterocycles. The number of para-hydroxylation sites is 2. The Hall–Kier alpha value is -2.89. The van der Waals surface area contributed by atoms with Gasteiger partial charge in [-0.05, 0) is 38.1 Å². The van der Waals surface area contributed by atoms with Crippen molar-refractivity contribution in [3.8, 4) is 5.75 Å². The van der Waals surface area contributed by atoms with Crippen LogP contribution in [0.2, 0.25) is 0 Å². The van der Waals surface area contributed by atoms with Gasteiger partial charge in [-0.15, -0.1) is 0 Å². The summed E-state index contributed by atoms with van der Waals surface area (Å²) in [6.45, 7) is 3.84. The number of hydrogen-bond donors (Lipinski definition) is 1. The van der Waals surface area contributed by atoms with Crippen molar-refractivity contribution in [3.05, 3.63) is 53.5 Å². The number of hydrogen-bond acceptors (Lipinski definition) is 4. The van der Waals surface area contributed by atoms with Crippen LogP contribution in [0, 0.1) is 13.8 Å². The molecule has 0 fully saturated rings. The zero-order valence-corrected chi connectivity index (χ0v) is 12.6. The van der Waals surface area contributed by atoms with Crippen molar-refractivity contribution in [2.75, 3.05) is 12.4 Å². The molecule has 22 heavy (non-hydrogen) atoms. The van der Waals surface area contributed by atoms with Gasteiger partial charge in [0.25, 0.3) is 5.91 Å². The molecule has 6 heteroatoms. The minimum atomic E-state index is -0.294. The third-order valence-corrected chi connectivity index (χ3v) is 3.53. The monoisotopic (exact) mass is 296 g/mol. The molecule has 1 amide bonds. The molecule has 1 aromatic carbocycles. The number of carbonyl (C=O) groups excluding carboxylic acids is 1. The maximum atomic E-state index is 12.4. The molecule has 3 rings (SSSR count). The molecule has 0 saturated carbocycles. The predicted octanol–water partition coefficient (Wildman–Crippen LogP) is 2.61. The molecular formula is C16H16N4O2. The number of ether oxygens (including phenoxy) is 1. The van der Waals surface area contributed by atoms with Crippen LogP contribution < -0.4 is 10.1 Å². The number of imidazole rings is 1. The molecule has 0 bridgehead atoms. The Balaban J connectivity index is 1.93. The number of aryl methyl sites for hydroxylation is 2. The van der Waals surface area contributed by atoms with E-state index in [1.807, 2.05) is 26.0 Å². The number of nitrogens with zero attached hydrogens (tertiary/aromatic N) is 3. The van der Waals surface area contributed by atoms with Gasteiger partial charge in [0.05, 0.1) is 24.2 Å². The van der Waals surface area contributed by atoms with Gasteiger partial charge in [0.1, 0.15) is 11.4 Å². The van der Waals surface area contributed by atoms with E-state index in [1.165, 1.54) is 0 Å². The summed E-state index contributed by atoms with van der Waals surface area (Å²) in [5, 5.41) is 7.16. The fourth-order valence-electron chi connectivity index (χ4n) is 2.21. The molecule has 112 valence electrons. The van der Waals surface area contributed by atoms with Crippen LogP contribution in [0.15, 0.2) is 36.4 Å². The van der Waals surface area contributed by atoms with Crippen molar-refractivity contribution >= 4 is 17.2 Å². The van der Waals surface area contributed by atoms with Gasteiger partial charge in [0.2, 0.25) is 0 Å². The zero-order valence-electron chi connectivity index (χ0n) is 12.6. The lowest BCUT2D eigenvalue weighted by Gasteiger charge is -2.09. The topological polar surface area (TPSA) is 68.5 Å². The van der Waals surface area contributed by atoms with Gasteiger partial charge in [-0.2, -0.15) is 5.10 Å². The van der Waals surface area contributed by atoms with Crippen LogP contribution in [0.25, 0.3) is 5.65 Å². The summed E-state index contributed by atoms with van der Waals surface area (Å²) in [4.78, 5) is 16.8. The quantitative estimate of drug-likeness (QED) is 0.806. The largest absolute Gasteiger partial charge is 0.495 e. The van der Waals surface area contributed by atoms with Crippen molar-refractivity contribution < 1.29 is 9.53 Å². The average Bonchev–Trinajstić information content (AvgIpc) is 2.82. The first-order valence-electron chi connectivity index (χ1n) is 6.87. The number of benzene rings is 1. The van der Waals surface area contributed by atoms with Crippen LogP contribution in [0.3, 0.4) is 0 Å². The van der Waals surface area contributed by atoms with E-state index in [-0.39, 0.29) is 5.91 Å². The number of nitrogens with one attached hydrogen (secondary N) is 1. The van der Waals surface area contributed by atoms with Crippen LogP contribution in [0.1, 0.15) is 21.9 Å². The van der Waals surface area contributed by atoms with Crippen LogP contribution in [-0.4, -0.2) is 27.6 Å². The highest BCUT2D eigenvalue weighted by atomic mass is 16.5. The summed E-state index contributed by atoms with van der Waals surface area (Å²) < 4.78 is 6.90.